The highest BCUT2D eigenvalue weighted by Gasteiger charge is 2.20. The Kier molecular flexibility index (Phi) is 3.65. The van der Waals surface area contributed by atoms with E-state index >= 15 is 0 Å². The van der Waals surface area contributed by atoms with E-state index < -0.39 is 5.54 Å². The van der Waals surface area contributed by atoms with Crippen LogP contribution in [-0.2, 0) is 5.54 Å². The number of hydrogen-bond acceptors (Lipinski definition) is 4. The number of nitrogens with zero attached hydrogens (tertiary/aromatic N) is 2. The molecule has 0 aliphatic carbocycles. The maximum Gasteiger partial charge on any atom is 0.223 e. The van der Waals surface area contributed by atoms with Crippen molar-refractivity contribution in [1.82, 2.24) is 9.97 Å². The summed E-state index contributed by atoms with van der Waals surface area (Å²) < 4.78 is 5.70. The van der Waals surface area contributed by atoms with E-state index in [2.05, 4.69) is 9.97 Å². The largest absolute Gasteiger partial charge is 0.474 e. The van der Waals surface area contributed by atoms with Gasteiger partial charge in [-0.1, -0.05) is 11.6 Å². The molecule has 19 heavy (non-hydrogen) atoms. The predicted molar refractivity (Wildman–Crippen MR) is 77.5 cm³/mol. The standard InChI is InChI=1S/C14H18ClN3O/c1-8(2)19-13-10-6-17-12(15)5-9(10)11(7-18-13)14(3,4)16/h5-8H,16H2,1-4H3. The summed E-state index contributed by atoms with van der Waals surface area (Å²) in [6, 6.07) is 1.80. The van der Waals surface area contributed by atoms with Gasteiger partial charge in [0.15, 0.2) is 0 Å². The van der Waals surface area contributed by atoms with Gasteiger partial charge in [-0.25, -0.2) is 9.97 Å². The first kappa shape index (κ1) is 14.0. The van der Waals surface area contributed by atoms with Crippen LogP contribution in [0, 0.1) is 0 Å². The van der Waals surface area contributed by atoms with Crippen LogP contribution in [0.25, 0.3) is 10.8 Å². The first-order chi connectivity index (χ1) is 8.79. The number of ether oxygens (including phenoxy) is 1. The van der Waals surface area contributed by atoms with Gasteiger partial charge in [0.1, 0.15) is 5.15 Å². The van der Waals surface area contributed by atoms with Crippen LogP contribution in [0.5, 0.6) is 5.88 Å². The molecule has 0 aromatic carbocycles. The monoisotopic (exact) mass is 279 g/mol. The lowest BCUT2D eigenvalue weighted by Crippen LogP contribution is -2.29. The van der Waals surface area contributed by atoms with Gasteiger partial charge in [-0.2, -0.15) is 0 Å². The van der Waals surface area contributed by atoms with E-state index in [0.717, 1.165) is 16.3 Å². The first-order valence-corrected chi connectivity index (χ1v) is 6.57. The van der Waals surface area contributed by atoms with Crippen molar-refractivity contribution in [2.24, 2.45) is 5.73 Å². The van der Waals surface area contributed by atoms with Gasteiger partial charge in [-0.05, 0) is 44.7 Å². The van der Waals surface area contributed by atoms with E-state index in [9.17, 15) is 0 Å². The van der Waals surface area contributed by atoms with E-state index in [4.69, 9.17) is 22.1 Å². The smallest absolute Gasteiger partial charge is 0.223 e. The molecule has 2 aromatic rings. The van der Waals surface area contributed by atoms with Crippen molar-refractivity contribution in [3.63, 3.8) is 0 Å². The van der Waals surface area contributed by atoms with Crippen LogP contribution in [0.2, 0.25) is 5.15 Å². The van der Waals surface area contributed by atoms with E-state index in [1.54, 1.807) is 18.5 Å². The van der Waals surface area contributed by atoms with Crippen molar-refractivity contribution in [1.29, 1.82) is 0 Å². The van der Waals surface area contributed by atoms with E-state index in [-0.39, 0.29) is 6.10 Å². The highest BCUT2D eigenvalue weighted by atomic mass is 35.5. The third-order valence-corrected chi connectivity index (χ3v) is 2.95. The Bertz CT molecular complexity index is 605. The Balaban J connectivity index is 2.72. The van der Waals surface area contributed by atoms with Crippen molar-refractivity contribution in [3.05, 3.63) is 29.2 Å². The molecule has 0 aliphatic rings. The Hall–Kier alpha value is -1.39. The fourth-order valence-corrected chi connectivity index (χ4v) is 2.07. The number of aromatic nitrogens is 2. The van der Waals surface area contributed by atoms with Crippen LogP contribution in [0.4, 0.5) is 0 Å². The summed E-state index contributed by atoms with van der Waals surface area (Å²) in [4.78, 5) is 8.46. The Morgan fingerprint density at radius 1 is 1.21 bits per heavy atom. The first-order valence-electron chi connectivity index (χ1n) is 6.19. The van der Waals surface area contributed by atoms with Gasteiger partial charge in [-0.3, -0.25) is 0 Å². The Morgan fingerprint density at radius 2 is 1.89 bits per heavy atom. The number of nitrogens with two attached hydrogens (primary N) is 1. The molecule has 0 spiro atoms. The molecule has 0 saturated heterocycles. The van der Waals surface area contributed by atoms with Gasteiger partial charge in [0.05, 0.1) is 11.5 Å². The molecule has 2 rings (SSSR count). The maximum atomic E-state index is 6.18. The highest BCUT2D eigenvalue weighted by molar-refractivity contribution is 6.30. The van der Waals surface area contributed by atoms with Crippen molar-refractivity contribution in [2.45, 2.75) is 39.3 Å². The van der Waals surface area contributed by atoms with Crippen molar-refractivity contribution < 1.29 is 4.74 Å². The summed E-state index contributed by atoms with van der Waals surface area (Å²) >= 11 is 5.99. The van der Waals surface area contributed by atoms with E-state index in [1.807, 2.05) is 27.7 Å². The third kappa shape index (κ3) is 2.96. The van der Waals surface area contributed by atoms with Gasteiger partial charge in [0.25, 0.3) is 0 Å². The lowest BCUT2D eigenvalue weighted by Gasteiger charge is -2.22. The predicted octanol–water partition coefficient (Wildman–Crippen LogP) is 3.26. The van der Waals surface area contributed by atoms with Gasteiger partial charge in [-0.15, -0.1) is 0 Å². The molecule has 0 unspecified atom stereocenters. The molecule has 2 N–H and O–H groups in total. The van der Waals surface area contributed by atoms with Crippen LogP contribution in [0.1, 0.15) is 33.3 Å². The minimum absolute atomic E-state index is 0.0446. The highest BCUT2D eigenvalue weighted by Crippen LogP contribution is 2.32. The molecule has 0 fully saturated rings. The second kappa shape index (κ2) is 4.94. The average Bonchev–Trinajstić information content (AvgIpc) is 2.26. The minimum Gasteiger partial charge on any atom is -0.474 e. The van der Waals surface area contributed by atoms with E-state index in [0.29, 0.717) is 11.0 Å². The minimum atomic E-state index is -0.508. The number of pyridine rings is 2. The quantitative estimate of drug-likeness (QED) is 0.876. The van der Waals surface area contributed by atoms with Gasteiger partial charge >= 0.3 is 0 Å². The van der Waals surface area contributed by atoms with Crippen LogP contribution < -0.4 is 10.5 Å². The zero-order valence-corrected chi connectivity index (χ0v) is 12.3. The Morgan fingerprint density at radius 3 is 2.47 bits per heavy atom. The lowest BCUT2D eigenvalue weighted by molar-refractivity contribution is 0.236. The normalized spacial score (nSPS) is 12.2. The molecule has 2 heterocycles. The molecule has 0 bridgehead atoms. The summed E-state index contributed by atoms with van der Waals surface area (Å²) in [5.41, 5.74) is 6.59. The van der Waals surface area contributed by atoms with Crippen LogP contribution >= 0.6 is 11.6 Å². The summed E-state index contributed by atoms with van der Waals surface area (Å²) in [5, 5.41) is 2.19. The van der Waals surface area contributed by atoms with Gasteiger partial charge in [0.2, 0.25) is 5.88 Å². The summed E-state index contributed by atoms with van der Waals surface area (Å²) in [7, 11) is 0. The van der Waals surface area contributed by atoms with Gasteiger partial charge < -0.3 is 10.5 Å². The Labute approximate surface area is 117 Å². The molecule has 2 aromatic heterocycles. The molecule has 0 amide bonds. The van der Waals surface area contributed by atoms with Crippen LogP contribution in [0.15, 0.2) is 18.5 Å². The fraction of sp³-hybridized carbons (Fsp3) is 0.429. The fourth-order valence-electron chi connectivity index (χ4n) is 1.92. The molecule has 5 heteroatoms. The van der Waals surface area contributed by atoms with Crippen LogP contribution in [-0.4, -0.2) is 16.1 Å². The van der Waals surface area contributed by atoms with Crippen molar-refractivity contribution >= 4 is 22.4 Å². The number of halogens is 1. The molecule has 0 radical (unpaired) electrons. The van der Waals surface area contributed by atoms with Crippen molar-refractivity contribution in [3.8, 4) is 5.88 Å². The van der Waals surface area contributed by atoms with Crippen LogP contribution in [0.3, 0.4) is 0 Å². The maximum absolute atomic E-state index is 6.18. The summed E-state index contributed by atoms with van der Waals surface area (Å²) in [6.07, 6.45) is 3.47. The van der Waals surface area contributed by atoms with Gasteiger partial charge in [0, 0.05) is 17.9 Å². The number of fused-ring (bicyclic) bond motifs is 1. The van der Waals surface area contributed by atoms with E-state index in [1.165, 1.54) is 0 Å². The molecule has 0 atom stereocenters. The molecule has 4 nitrogen and oxygen atoms in total. The lowest BCUT2D eigenvalue weighted by atomic mass is 9.93. The zero-order chi connectivity index (χ0) is 14.2. The second-order valence-corrected chi connectivity index (χ2v) is 5.81. The zero-order valence-electron chi connectivity index (χ0n) is 11.6. The summed E-state index contributed by atoms with van der Waals surface area (Å²) in [6.45, 7) is 7.77. The molecule has 0 saturated carbocycles. The number of rotatable bonds is 3. The second-order valence-electron chi connectivity index (χ2n) is 5.42. The number of hydrogen-bond donors (Lipinski definition) is 1. The molecule has 102 valence electrons. The molecule has 0 aliphatic heterocycles. The summed E-state index contributed by atoms with van der Waals surface area (Å²) in [5.74, 6) is 0.558. The molecular weight excluding hydrogens is 262 g/mol. The SMILES string of the molecule is CC(C)Oc1ncc(C(C)(C)N)c2cc(Cl)ncc12. The van der Waals surface area contributed by atoms with Crippen molar-refractivity contribution in [2.75, 3.05) is 0 Å². The molecular formula is C14H18ClN3O. The third-order valence-electron chi connectivity index (χ3n) is 2.74. The topological polar surface area (TPSA) is 61.0 Å². The average molecular weight is 280 g/mol.